The Morgan fingerprint density at radius 3 is 2.65 bits per heavy atom. The highest BCUT2D eigenvalue weighted by molar-refractivity contribution is 6.42. The lowest BCUT2D eigenvalue weighted by Crippen LogP contribution is -2.31. The average molecular weight is 373 g/mol. The Bertz CT molecular complexity index is 706. The van der Waals surface area contributed by atoms with Gasteiger partial charge in [-0.3, -0.25) is 4.79 Å². The standard InChI is InChI=1S/C16H15Cl2N3O.ClH/c17-12-5-3-10(8-13(12)18)15-2-1-7-21(15)16(22)14-6-4-11(19)9-20-14;/h3-6,8-9,15H,1-2,7,19H2;1H. The molecule has 0 bridgehead atoms. The number of rotatable bonds is 2. The number of benzene rings is 1. The molecular weight excluding hydrogens is 357 g/mol. The number of hydrogen-bond acceptors (Lipinski definition) is 3. The van der Waals surface area contributed by atoms with Crippen molar-refractivity contribution in [2.75, 3.05) is 12.3 Å². The molecule has 1 aliphatic heterocycles. The molecule has 4 nitrogen and oxygen atoms in total. The summed E-state index contributed by atoms with van der Waals surface area (Å²) >= 11 is 12.1. The highest BCUT2D eigenvalue weighted by Crippen LogP contribution is 2.35. The second kappa shape index (κ2) is 7.39. The molecule has 1 fully saturated rings. The Hall–Kier alpha value is -1.49. The highest BCUT2D eigenvalue weighted by atomic mass is 35.5. The Morgan fingerprint density at radius 2 is 2.00 bits per heavy atom. The van der Waals surface area contributed by atoms with Crippen molar-refractivity contribution in [3.05, 3.63) is 57.8 Å². The Morgan fingerprint density at radius 1 is 1.22 bits per heavy atom. The molecule has 0 saturated carbocycles. The minimum Gasteiger partial charge on any atom is -0.397 e. The number of nitrogen functional groups attached to an aromatic ring is 1. The quantitative estimate of drug-likeness (QED) is 0.851. The van der Waals surface area contributed by atoms with Crippen LogP contribution in [0.4, 0.5) is 5.69 Å². The molecule has 1 aliphatic rings. The Labute approximate surface area is 151 Å². The number of nitrogens with zero attached hydrogens (tertiary/aromatic N) is 2. The molecule has 3 rings (SSSR count). The van der Waals surface area contributed by atoms with E-state index in [-0.39, 0.29) is 24.4 Å². The van der Waals surface area contributed by atoms with E-state index >= 15 is 0 Å². The fraction of sp³-hybridized carbons (Fsp3) is 0.250. The summed E-state index contributed by atoms with van der Waals surface area (Å²) in [6, 6.07) is 8.85. The van der Waals surface area contributed by atoms with Crippen LogP contribution in [0.5, 0.6) is 0 Å². The molecule has 1 aromatic heterocycles. The number of pyridine rings is 1. The van der Waals surface area contributed by atoms with Crippen molar-refractivity contribution in [1.29, 1.82) is 0 Å². The van der Waals surface area contributed by atoms with E-state index in [1.54, 1.807) is 18.2 Å². The number of halogens is 3. The predicted octanol–water partition coefficient (Wildman–Crippen LogP) is 4.37. The first-order valence-electron chi connectivity index (χ1n) is 7.03. The summed E-state index contributed by atoms with van der Waals surface area (Å²) in [4.78, 5) is 18.6. The van der Waals surface area contributed by atoms with Gasteiger partial charge in [0, 0.05) is 6.54 Å². The van der Waals surface area contributed by atoms with E-state index in [1.165, 1.54) is 6.20 Å². The zero-order chi connectivity index (χ0) is 15.7. The van der Waals surface area contributed by atoms with Gasteiger partial charge in [-0.1, -0.05) is 29.3 Å². The number of nitrogens with two attached hydrogens (primary N) is 1. The first-order valence-corrected chi connectivity index (χ1v) is 7.79. The van der Waals surface area contributed by atoms with Gasteiger partial charge in [0.1, 0.15) is 5.69 Å². The Balaban J connectivity index is 0.00000192. The van der Waals surface area contributed by atoms with Crippen LogP contribution in [0.1, 0.15) is 34.9 Å². The minimum absolute atomic E-state index is 0. The van der Waals surface area contributed by atoms with Gasteiger partial charge in [0.05, 0.1) is 28.0 Å². The molecule has 122 valence electrons. The van der Waals surface area contributed by atoms with Gasteiger partial charge >= 0.3 is 0 Å². The van der Waals surface area contributed by atoms with Crippen LogP contribution in [-0.2, 0) is 0 Å². The zero-order valence-electron chi connectivity index (χ0n) is 12.2. The van der Waals surface area contributed by atoms with Crippen LogP contribution < -0.4 is 5.73 Å². The van der Waals surface area contributed by atoms with Gasteiger partial charge in [0.2, 0.25) is 0 Å². The zero-order valence-corrected chi connectivity index (χ0v) is 14.5. The van der Waals surface area contributed by atoms with Gasteiger partial charge in [-0.05, 0) is 42.7 Å². The van der Waals surface area contributed by atoms with Crippen LogP contribution in [-0.4, -0.2) is 22.3 Å². The van der Waals surface area contributed by atoms with Crippen LogP contribution in [0.2, 0.25) is 10.0 Å². The number of anilines is 1. The van der Waals surface area contributed by atoms with Crippen LogP contribution in [0.15, 0.2) is 36.5 Å². The minimum atomic E-state index is -0.0893. The molecule has 2 aromatic rings. The van der Waals surface area contributed by atoms with Gasteiger partial charge in [0.25, 0.3) is 5.91 Å². The van der Waals surface area contributed by atoms with Crippen molar-refractivity contribution in [2.45, 2.75) is 18.9 Å². The predicted molar refractivity (Wildman–Crippen MR) is 95.4 cm³/mol. The number of carbonyl (C=O) groups excluding carboxylic acids is 1. The van der Waals surface area contributed by atoms with Crippen LogP contribution in [0.25, 0.3) is 0 Å². The van der Waals surface area contributed by atoms with Gasteiger partial charge in [0.15, 0.2) is 0 Å². The molecule has 2 N–H and O–H groups in total. The largest absolute Gasteiger partial charge is 0.397 e. The van der Waals surface area contributed by atoms with Gasteiger partial charge in [-0.2, -0.15) is 0 Å². The lowest BCUT2D eigenvalue weighted by molar-refractivity contribution is 0.0730. The molecule has 1 atom stereocenters. The summed E-state index contributed by atoms with van der Waals surface area (Å²) in [5.41, 5.74) is 7.56. The molecule has 1 aromatic carbocycles. The third-order valence-electron chi connectivity index (χ3n) is 3.85. The van der Waals surface area contributed by atoms with Crippen LogP contribution >= 0.6 is 35.6 Å². The van der Waals surface area contributed by atoms with Crippen molar-refractivity contribution < 1.29 is 4.79 Å². The van der Waals surface area contributed by atoms with Crippen molar-refractivity contribution in [1.82, 2.24) is 9.88 Å². The maximum absolute atomic E-state index is 12.7. The molecule has 1 amide bonds. The van der Waals surface area contributed by atoms with Crippen molar-refractivity contribution in [3.8, 4) is 0 Å². The molecule has 0 aliphatic carbocycles. The van der Waals surface area contributed by atoms with E-state index < -0.39 is 0 Å². The second-order valence-corrected chi connectivity index (χ2v) is 6.12. The van der Waals surface area contributed by atoms with E-state index in [0.717, 1.165) is 18.4 Å². The highest BCUT2D eigenvalue weighted by Gasteiger charge is 2.31. The van der Waals surface area contributed by atoms with Crippen molar-refractivity contribution in [3.63, 3.8) is 0 Å². The summed E-state index contributed by atoms with van der Waals surface area (Å²) in [6.07, 6.45) is 3.35. The number of amides is 1. The monoisotopic (exact) mass is 371 g/mol. The molecule has 23 heavy (non-hydrogen) atoms. The summed E-state index contributed by atoms with van der Waals surface area (Å²) in [5, 5.41) is 1.02. The van der Waals surface area contributed by atoms with E-state index in [9.17, 15) is 4.79 Å². The number of hydrogen-bond donors (Lipinski definition) is 1. The third kappa shape index (κ3) is 3.71. The fourth-order valence-corrected chi connectivity index (χ4v) is 3.06. The van der Waals surface area contributed by atoms with Crippen molar-refractivity contribution >= 4 is 47.2 Å². The lowest BCUT2D eigenvalue weighted by atomic mass is 10.0. The lowest BCUT2D eigenvalue weighted by Gasteiger charge is -2.25. The molecule has 0 radical (unpaired) electrons. The maximum Gasteiger partial charge on any atom is 0.272 e. The van der Waals surface area contributed by atoms with Gasteiger partial charge in [-0.25, -0.2) is 4.98 Å². The second-order valence-electron chi connectivity index (χ2n) is 5.31. The fourth-order valence-electron chi connectivity index (χ4n) is 2.75. The topological polar surface area (TPSA) is 59.2 Å². The van der Waals surface area contributed by atoms with Crippen molar-refractivity contribution in [2.24, 2.45) is 0 Å². The van der Waals surface area contributed by atoms with E-state index in [2.05, 4.69) is 4.98 Å². The molecule has 7 heteroatoms. The summed E-state index contributed by atoms with van der Waals surface area (Å²) in [6.45, 7) is 0.704. The van der Waals surface area contributed by atoms with Gasteiger partial charge in [-0.15, -0.1) is 12.4 Å². The molecule has 1 saturated heterocycles. The van der Waals surface area contributed by atoms with Crippen LogP contribution in [0, 0.1) is 0 Å². The van der Waals surface area contributed by atoms with Crippen LogP contribution in [0.3, 0.4) is 0 Å². The average Bonchev–Trinajstić information content (AvgIpc) is 2.99. The summed E-state index contributed by atoms with van der Waals surface area (Å²) in [5.74, 6) is -0.0893. The molecular formula is C16H16Cl3N3O. The first-order chi connectivity index (χ1) is 10.6. The molecule has 0 spiro atoms. The number of likely N-dealkylation sites (tertiary alicyclic amines) is 1. The number of carbonyl (C=O) groups is 1. The van der Waals surface area contributed by atoms with E-state index in [1.807, 2.05) is 17.0 Å². The van der Waals surface area contributed by atoms with E-state index in [4.69, 9.17) is 28.9 Å². The normalized spacial score (nSPS) is 17.0. The smallest absolute Gasteiger partial charge is 0.272 e. The van der Waals surface area contributed by atoms with Gasteiger partial charge < -0.3 is 10.6 Å². The Kier molecular flexibility index (Phi) is 5.74. The summed E-state index contributed by atoms with van der Waals surface area (Å²) in [7, 11) is 0. The molecule has 1 unspecified atom stereocenters. The number of aromatic nitrogens is 1. The maximum atomic E-state index is 12.7. The molecule has 2 heterocycles. The third-order valence-corrected chi connectivity index (χ3v) is 4.59. The SMILES string of the molecule is Cl.Nc1ccc(C(=O)N2CCCC2c2ccc(Cl)c(Cl)c2)nc1. The first kappa shape index (κ1) is 17.9. The van der Waals surface area contributed by atoms with E-state index in [0.29, 0.717) is 28.0 Å². The summed E-state index contributed by atoms with van der Waals surface area (Å²) < 4.78 is 0.